The van der Waals surface area contributed by atoms with E-state index in [1.807, 2.05) is 6.08 Å². The summed E-state index contributed by atoms with van der Waals surface area (Å²) in [7, 11) is 0. The second-order valence-electron chi connectivity index (χ2n) is 2.50. The van der Waals surface area contributed by atoms with Crippen LogP contribution in [0.4, 0.5) is 0 Å². The third-order valence-corrected chi connectivity index (χ3v) is 1.53. The quantitative estimate of drug-likeness (QED) is 0.510. The summed E-state index contributed by atoms with van der Waals surface area (Å²) in [5.74, 6) is 0. The van der Waals surface area contributed by atoms with Gasteiger partial charge < -0.3 is 0 Å². The van der Waals surface area contributed by atoms with Gasteiger partial charge in [-0.25, -0.2) is 0 Å². The molecule has 0 saturated carbocycles. The molecule has 0 aliphatic carbocycles. The lowest BCUT2D eigenvalue weighted by Gasteiger charge is -1.92. The molecule has 0 amide bonds. The van der Waals surface area contributed by atoms with Crippen molar-refractivity contribution >= 4 is 6.21 Å². The van der Waals surface area contributed by atoms with E-state index in [0.717, 1.165) is 19.4 Å². The lowest BCUT2D eigenvalue weighted by atomic mass is 10.2. The molecule has 0 atom stereocenters. The molecule has 0 radical (unpaired) electrons. The van der Waals surface area contributed by atoms with Crippen LogP contribution in [0, 0.1) is 0 Å². The number of rotatable bonds is 0. The summed E-state index contributed by atoms with van der Waals surface area (Å²) < 4.78 is 0. The van der Waals surface area contributed by atoms with Gasteiger partial charge in [-0.05, 0) is 30.6 Å². The SMILES string of the molecule is C1=C\CCCCCN=N\N=C/1. The lowest BCUT2D eigenvalue weighted by molar-refractivity contribution is 0.680. The highest BCUT2D eigenvalue weighted by Gasteiger charge is 1.86. The maximum Gasteiger partial charge on any atom is 0.0621 e. The highest BCUT2D eigenvalue weighted by atomic mass is 15.4. The van der Waals surface area contributed by atoms with E-state index in [1.54, 1.807) is 6.21 Å². The molecule has 0 unspecified atom stereocenters. The summed E-state index contributed by atoms with van der Waals surface area (Å²) in [5.41, 5.74) is 0. The molecular weight excluding hydrogens is 138 g/mol. The second-order valence-corrected chi connectivity index (χ2v) is 2.50. The van der Waals surface area contributed by atoms with Gasteiger partial charge >= 0.3 is 0 Å². The van der Waals surface area contributed by atoms with Crippen molar-refractivity contribution < 1.29 is 0 Å². The van der Waals surface area contributed by atoms with Crippen LogP contribution in [0.5, 0.6) is 0 Å². The summed E-state index contributed by atoms with van der Waals surface area (Å²) in [4.78, 5) is 0. The van der Waals surface area contributed by atoms with Crippen LogP contribution in [0.3, 0.4) is 0 Å². The van der Waals surface area contributed by atoms with Crippen LogP contribution >= 0.6 is 0 Å². The Bertz CT molecular complexity index is 152. The van der Waals surface area contributed by atoms with Crippen molar-refractivity contribution in [1.29, 1.82) is 0 Å². The van der Waals surface area contributed by atoms with Crippen LogP contribution in [-0.2, 0) is 0 Å². The number of hydrogen-bond donors (Lipinski definition) is 0. The van der Waals surface area contributed by atoms with Gasteiger partial charge in [-0.3, -0.25) is 0 Å². The van der Waals surface area contributed by atoms with Crippen molar-refractivity contribution in [2.45, 2.75) is 25.7 Å². The zero-order valence-electron chi connectivity index (χ0n) is 6.61. The Hall–Kier alpha value is -0.990. The topological polar surface area (TPSA) is 37.1 Å². The van der Waals surface area contributed by atoms with Crippen LogP contribution in [0.15, 0.2) is 27.6 Å². The smallest absolute Gasteiger partial charge is 0.0621 e. The molecule has 0 saturated heterocycles. The lowest BCUT2D eigenvalue weighted by Crippen LogP contribution is -1.79. The van der Waals surface area contributed by atoms with Crippen molar-refractivity contribution in [1.82, 2.24) is 0 Å². The highest BCUT2D eigenvalue weighted by molar-refractivity contribution is 5.70. The van der Waals surface area contributed by atoms with E-state index in [2.05, 4.69) is 21.5 Å². The molecule has 1 heterocycles. The molecule has 3 heteroatoms. The number of hydrogen-bond acceptors (Lipinski definition) is 3. The van der Waals surface area contributed by atoms with Crippen LogP contribution in [0.25, 0.3) is 0 Å². The Morgan fingerprint density at radius 3 is 3.09 bits per heavy atom. The molecule has 60 valence electrons. The molecule has 1 aliphatic rings. The van der Waals surface area contributed by atoms with Crippen LogP contribution in [-0.4, -0.2) is 12.8 Å². The number of allylic oxidation sites excluding steroid dienone is 2. The first-order chi connectivity index (χ1) is 5.50. The summed E-state index contributed by atoms with van der Waals surface area (Å²) in [5, 5.41) is 11.2. The van der Waals surface area contributed by atoms with Crippen LogP contribution in [0.2, 0.25) is 0 Å². The van der Waals surface area contributed by atoms with Crippen molar-refractivity contribution in [3.05, 3.63) is 12.2 Å². The summed E-state index contributed by atoms with van der Waals surface area (Å²) in [6, 6.07) is 0. The van der Waals surface area contributed by atoms with Gasteiger partial charge in [-0.2, -0.15) is 5.11 Å². The molecule has 0 aromatic carbocycles. The van der Waals surface area contributed by atoms with E-state index in [-0.39, 0.29) is 0 Å². The van der Waals surface area contributed by atoms with Crippen LogP contribution in [0.1, 0.15) is 25.7 Å². The Morgan fingerprint density at radius 1 is 1.09 bits per heavy atom. The van der Waals surface area contributed by atoms with Gasteiger partial charge in [-0.1, -0.05) is 12.5 Å². The van der Waals surface area contributed by atoms with Crippen molar-refractivity contribution in [3.8, 4) is 0 Å². The standard InChI is InChI=1S/C8H13N3/c1-2-4-6-8-10-11-9-7-5-3-1/h3,5,7H,1-2,4,6,8H2/b5-3-,9-7-,11-10?. The van der Waals surface area contributed by atoms with Gasteiger partial charge in [0.1, 0.15) is 0 Å². The van der Waals surface area contributed by atoms with E-state index >= 15 is 0 Å². The minimum atomic E-state index is 0.817. The molecule has 0 bridgehead atoms. The highest BCUT2D eigenvalue weighted by Crippen LogP contribution is 2.01. The minimum Gasteiger partial charge on any atom is -0.169 e. The molecule has 1 aliphatic heterocycles. The Kier molecular flexibility index (Phi) is 4.25. The van der Waals surface area contributed by atoms with Gasteiger partial charge in [0.15, 0.2) is 0 Å². The second kappa shape index (κ2) is 5.77. The van der Waals surface area contributed by atoms with Gasteiger partial charge in [-0.15, -0.1) is 5.10 Å². The van der Waals surface area contributed by atoms with Crippen LogP contribution < -0.4 is 0 Å². The predicted octanol–water partition coefficient (Wildman–Crippen LogP) is 2.55. The van der Waals surface area contributed by atoms with E-state index in [1.165, 1.54) is 12.8 Å². The zero-order valence-corrected chi connectivity index (χ0v) is 6.61. The minimum absolute atomic E-state index is 0.817. The summed E-state index contributed by atoms with van der Waals surface area (Å²) in [6.07, 6.45) is 10.5. The Balaban J connectivity index is 2.36. The molecular formula is C8H13N3. The molecule has 1 rings (SSSR count). The molecule has 0 N–H and O–H groups in total. The van der Waals surface area contributed by atoms with E-state index in [9.17, 15) is 0 Å². The molecule has 0 aromatic rings. The fraction of sp³-hybridized carbons (Fsp3) is 0.625. The zero-order chi connectivity index (χ0) is 7.78. The maximum absolute atomic E-state index is 3.87. The molecule has 11 heavy (non-hydrogen) atoms. The predicted molar refractivity (Wildman–Crippen MR) is 45.8 cm³/mol. The average molecular weight is 151 g/mol. The normalized spacial score (nSPS) is 25.5. The fourth-order valence-corrected chi connectivity index (χ4v) is 0.928. The Labute approximate surface area is 66.9 Å². The van der Waals surface area contributed by atoms with E-state index in [4.69, 9.17) is 0 Å². The first-order valence-electron chi connectivity index (χ1n) is 4.05. The van der Waals surface area contributed by atoms with Crippen molar-refractivity contribution in [2.75, 3.05) is 6.54 Å². The fourth-order valence-electron chi connectivity index (χ4n) is 0.928. The van der Waals surface area contributed by atoms with Gasteiger partial charge in [0.25, 0.3) is 0 Å². The van der Waals surface area contributed by atoms with Gasteiger partial charge in [0.05, 0.1) is 12.8 Å². The van der Waals surface area contributed by atoms with E-state index in [0.29, 0.717) is 0 Å². The summed E-state index contributed by atoms with van der Waals surface area (Å²) >= 11 is 0. The van der Waals surface area contributed by atoms with Gasteiger partial charge in [0, 0.05) is 0 Å². The number of nitrogens with zero attached hydrogens (tertiary/aromatic N) is 3. The molecule has 0 fully saturated rings. The molecule has 0 aromatic heterocycles. The third kappa shape index (κ3) is 4.42. The first kappa shape index (κ1) is 8.11. The monoisotopic (exact) mass is 151 g/mol. The van der Waals surface area contributed by atoms with Crippen molar-refractivity contribution in [3.63, 3.8) is 0 Å². The van der Waals surface area contributed by atoms with Crippen molar-refractivity contribution in [2.24, 2.45) is 15.4 Å². The van der Waals surface area contributed by atoms with Gasteiger partial charge in [0.2, 0.25) is 0 Å². The molecule has 0 spiro atoms. The first-order valence-corrected chi connectivity index (χ1v) is 4.05. The average Bonchev–Trinajstić information content (AvgIpc) is 2.08. The largest absolute Gasteiger partial charge is 0.169 e. The Morgan fingerprint density at radius 2 is 2.09 bits per heavy atom. The third-order valence-electron chi connectivity index (χ3n) is 1.53. The maximum atomic E-state index is 3.87. The summed E-state index contributed by atoms with van der Waals surface area (Å²) in [6.45, 7) is 0.817. The van der Waals surface area contributed by atoms with E-state index < -0.39 is 0 Å². The molecule has 3 nitrogen and oxygen atoms in total.